The molecule has 5 heteroatoms. The second kappa shape index (κ2) is 6.59. The highest BCUT2D eigenvalue weighted by molar-refractivity contribution is 5.80. The molecule has 5 nitrogen and oxygen atoms in total. The minimum absolute atomic E-state index is 0.00979. The molecule has 0 unspecified atom stereocenters. The number of hydrogen-bond acceptors (Lipinski definition) is 3. The molecule has 3 aliphatic rings. The molecule has 0 radical (unpaired) electrons. The van der Waals surface area contributed by atoms with Crippen LogP contribution in [0.4, 0.5) is 4.79 Å². The molecular formula is C26H29NO4. The van der Waals surface area contributed by atoms with E-state index in [0.29, 0.717) is 12.8 Å². The number of carbonyl (C=O) groups is 2. The Morgan fingerprint density at radius 2 is 1.58 bits per heavy atom. The number of rotatable bonds is 4. The summed E-state index contributed by atoms with van der Waals surface area (Å²) < 4.78 is 5.72. The van der Waals surface area contributed by atoms with Gasteiger partial charge in [0.25, 0.3) is 0 Å². The van der Waals surface area contributed by atoms with Crippen molar-refractivity contribution in [2.45, 2.75) is 52.0 Å². The van der Waals surface area contributed by atoms with E-state index in [2.05, 4.69) is 36.5 Å². The summed E-state index contributed by atoms with van der Waals surface area (Å²) in [7, 11) is 0. The zero-order chi connectivity index (χ0) is 22.0. The van der Waals surface area contributed by atoms with E-state index >= 15 is 0 Å². The molecule has 2 bridgehead atoms. The number of hydrogen-bond donors (Lipinski definition) is 2. The van der Waals surface area contributed by atoms with Gasteiger partial charge in [-0.3, -0.25) is 4.79 Å². The molecule has 0 aromatic heterocycles. The van der Waals surface area contributed by atoms with Gasteiger partial charge in [-0.2, -0.15) is 0 Å². The lowest BCUT2D eigenvalue weighted by Crippen LogP contribution is -2.47. The number of benzene rings is 2. The fourth-order valence-electron chi connectivity index (χ4n) is 6.64. The summed E-state index contributed by atoms with van der Waals surface area (Å²) in [5.74, 6) is -0.742. The smallest absolute Gasteiger partial charge is 0.407 e. The Morgan fingerprint density at radius 1 is 1.00 bits per heavy atom. The maximum atomic E-state index is 12.8. The van der Waals surface area contributed by atoms with Gasteiger partial charge in [-0.25, -0.2) is 4.79 Å². The quantitative estimate of drug-likeness (QED) is 0.715. The number of alkyl carbamates (subject to hydrolysis) is 1. The van der Waals surface area contributed by atoms with Gasteiger partial charge >= 0.3 is 12.1 Å². The van der Waals surface area contributed by atoms with E-state index in [9.17, 15) is 14.7 Å². The molecular weight excluding hydrogens is 390 g/mol. The molecule has 2 aromatic carbocycles. The second-order valence-electron chi connectivity index (χ2n) is 10.2. The molecule has 31 heavy (non-hydrogen) atoms. The molecule has 5 rings (SSSR count). The summed E-state index contributed by atoms with van der Waals surface area (Å²) in [5.41, 5.74) is 3.28. The fraction of sp³-hybridized carbons (Fsp3) is 0.462. The van der Waals surface area contributed by atoms with Gasteiger partial charge in [-0.05, 0) is 52.3 Å². The summed E-state index contributed by atoms with van der Waals surface area (Å²) in [6, 6.07) is 16.3. The van der Waals surface area contributed by atoms with Crippen LogP contribution >= 0.6 is 0 Å². The van der Waals surface area contributed by atoms with Crippen LogP contribution in [0, 0.1) is 16.2 Å². The third-order valence-electron chi connectivity index (χ3n) is 9.06. The first-order valence-corrected chi connectivity index (χ1v) is 11.1. The molecule has 2 aromatic rings. The Balaban J connectivity index is 1.31. The van der Waals surface area contributed by atoms with Gasteiger partial charge in [0.05, 0.1) is 5.41 Å². The maximum absolute atomic E-state index is 12.8. The molecule has 162 valence electrons. The van der Waals surface area contributed by atoms with Crippen molar-refractivity contribution in [1.29, 1.82) is 0 Å². The largest absolute Gasteiger partial charge is 0.481 e. The van der Waals surface area contributed by atoms with E-state index in [1.54, 1.807) is 0 Å². The number of aliphatic carboxylic acids is 1. The van der Waals surface area contributed by atoms with Crippen LogP contribution in [-0.4, -0.2) is 29.8 Å². The number of carboxylic acids is 1. The van der Waals surface area contributed by atoms with Crippen LogP contribution in [0.1, 0.15) is 57.1 Å². The number of carbonyl (C=O) groups excluding carboxylic acids is 1. The Morgan fingerprint density at radius 3 is 2.13 bits per heavy atom. The normalized spacial score (nSPS) is 30.0. The lowest BCUT2D eigenvalue weighted by Gasteiger charge is -2.40. The third kappa shape index (κ3) is 2.55. The van der Waals surface area contributed by atoms with Crippen LogP contribution in [0.5, 0.6) is 0 Å². The summed E-state index contributed by atoms with van der Waals surface area (Å²) in [6.45, 7) is 6.44. The Kier molecular flexibility index (Phi) is 4.27. The van der Waals surface area contributed by atoms with Crippen molar-refractivity contribution < 1.29 is 19.4 Å². The van der Waals surface area contributed by atoms with Crippen LogP contribution < -0.4 is 5.32 Å². The molecule has 2 fully saturated rings. The van der Waals surface area contributed by atoms with Crippen molar-refractivity contribution in [3.8, 4) is 11.1 Å². The number of carboxylic acid groups (broad SMARTS) is 1. The molecule has 2 saturated carbocycles. The van der Waals surface area contributed by atoms with Crippen LogP contribution in [-0.2, 0) is 9.53 Å². The maximum Gasteiger partial charge on any atom is 0.407 e. The lowest BCUT2D eigenvalue weighted by atomic mass is 9.65. The van der Waals surface area contributed by atoms with Crippen LogP contribution in [0.3, 0.4) is 0 Å². The molecule has 0 aliphatic heterocycles. The van der Waals surface area contributed by atoms with E-state index in [1.807, 2.05) is 38.1 Å². The average Bonchev–Trinajstić information content (AvgIpc) is 3.23. The summed E-state index contributed by atoms with van der Waals surface area (Å²) in [6.07, 6.45) is 1.45. The minimum Gasteiger partial charge on any atom is -0.481 e. The number of fused-ring (bicyclic) bond motifs is 5. The van der Waals surface area contributed by atoms with Crippen molar-refractivity contribution in [2.75, 3.05) is 6.61 Å². The first-order valence-electron chi connectivity index (χ1n) is 11.1. The van der Waals surface area contributed by atoms with Gasteiger partial charge in [0.2, 0.25) is 0 Å². The molecule has 2 N–H and O–H groups in total. The van der Waals surface area contributed by atoms with E-state index in [4.69, 9.17) is 4.74 Å². The van der Waals surface area contributed by atoms with Gasteiger partial charge in [-0.1, -0.05) is 69.3 Å². The highest BCUT2D eigenvalue weighted by Gasteiger charge is 2.73. The minimum atomic E-state index is -0.789. The van der Waals surface area contributed by atoms with E-state index in [-0.39, 0.29) is 24.0 Å². The Labute approximate surface area is 182 Å². The molecule has 3 atom stereocenters. The van der Waals surface area contributed by atoms with Crippen LogP contribution in [0.15, 0.2) is 48.5 Å². The van der Waals surface area contributed by atoms with Crippen LogP contribution in [0.25, 0.3) is 11.1 Å². The molecule has 0 spiro atoms. The second-order valence-corrected chi connectivity index (χ2v) is 10.2. The first kappa shape index (κ1) is 20.1. The zero-order valence-corrected chi connectivity index (χ0v) is 18.3. The number of nitrogens with one attached hydrogen (secondary N) is 1. The van der Waals surface area contributed by atoms with Crippen molar-refractivity contribution in [3.63, 3.8) is 0 Å². The van der Waals surface area contributed by atoms with E-state index in [1.165, 1.54) is 22.3 Å². The SMILES string of the molecule is CC1(C)[C@]2(C(=O)O)CC[C@@]1(C)[C@@H](NC(=O)OCC1c3ccccc3-c3ccccc31)C2. The Bertz CT molecular complexity index is 1030. The average molecular weight is 420 g/mol. The standard InChI is InChI=1S/C26H29NO4/c1-24(2)25(3)12-13-26(24,22(28)29)14-21(25)27-23(30)31-15-20-18-10-6-4-8-16(18)17-9-5-7-11-19(17)20/h4-11,20-21H,12-15H2,1-3H3,(H,27,30)(H,28,29)/t21-,25-,26+/m0/s1. The van der Waals surface area contributed by atoms with Crippen molar-refractivity contribution in [3.05, 3.63) is 59.7 Å². The van der Waals surface area contributed by atoms with Crippen molar-refractivity contribution in [2.24, 2.45) is 16.2 Å². The summed E-state index contributed by atoms with van der Waals surface area (Å²) in [5, 5.41) is 13.0. The predicted octanol–water partition coefficient (Wildman–Crippen LogP) is 5.19. The van der Waals surface area contributed by atoms with Gasteiger partial charge in [0.1, 0.15) is 6.61 Å². The predicted molar refractivity (Wildman–Crippen MR) is 118 cm³/mol. The van der Waals surface area contributed by atoms with Gasteiger partial charge < -0.3 is 15.2 Å². The summed E-state index contributed by atoms with van der Waals surface area (Å²) in [4.78, 5) is 25.0. The highest BCUT2D eigenvalue weighted by Crippen LogP contribution is 2.72. The van der Waals surface area contributed by atoms with Gasteiger partial charge in [-0.15, -0.1) is 0 Å². The topological polar surface area (TPSA) is 75.6 Å². The van der Waals surface area contributed by atoms with Crippen molar-refractivity contribution >= 4 is 12.1 Å². The van der Waals surface area contributed by atoms with Crippen molar-refractivity contribution in [1.82, 2.24) is 5.32 Å². The number of ether oxygens (including phenoxy) is 1. The fourth-order valence-corrected chi connectivity index (χ4v) is 6.64. The Hall–Kier alpha value is -2.82. The number of amides is 1. The lowest BCUT2D eigenvalue weighted by molar-refractivity contribution is -0.154. The van der Waals surface area contributed by atoms with E-state index < -0.39 is 22.9 Å². The zero-order valence-electron chi connectivity index (χ0n) is 18.3. The highest BCUT2D eigenvalue weighted by atomic mass is 16.5. The van der Waals surface area contributed by atoms with E-state index in [0.717, 1.165) is 6.42 Å². The monoisotopic (exact) mass is 419 g/mol. The van der Waals surface area contributed by atoms with Gasteiger partial charge in [0, 0.05) is 12.0 Å². The first-order chi connectivity index (χ1) is 14.7. The molecule has 1 amide bonds. The molecule has 0 saturated heterocycles. The molecule has 3 aliphatic carbocycles. The van der Waals surface area contributed by atoms with Crippen LogP contribution in [0.2, 0.25) is 0 Å². The van der Waals surface area contributed by atoms with Gasteiger partial charge in [0.15, 0.2) is 0 Å². The summed E-state index contributed by atoms with van der Waals surface area (Å²) >= 11 is 0. The molecule has 0 heterocycles. The third-order valence-corrected chi connectivity index (χ3v) is 9.06.